The van der Waals surface area contributed by atoms with Gasteiger partial charge in [0.1, 0.15) is 0 Å². The summed E-state index contributed by atoms with van der Waals surface area (Å²) in [6, 6.07) is 7.05. The van der Waals surface area contributed by atoms with E-state index in [1.807, 2.05) is 32.9 Å². The Morgan fingerprint density at radius 2 is 1.68 bits per heavy atom. The molecule has 1 heterocycles. The number of aryl methyl sites for hydroxylation is 2. The number of H-pyrrole nitrogens is 1. The van der Waals surface area contributed by atoms with E-state index in [1.165, 1.54) is 12.8 Å². The lowest BCUT2D eigenvalue weighted by molar-refractivity contribution is 0.0950. The van der Waals surface area contributed by atoms with Crippen molar-refractivity contribution in [3.05, 3.63) is 62.1 Å². The third-order valence-corrected chi connectivity index (χ3v) is 7.61. The van der Waals surface area contributed by atoms with Crippen molar-refractivity contribution in [3.63, 3.8) is 0 Å². The number of nitrogens with one attached hydrogen (secondary N) is 2. The second-order valence-electron chi connectivity index (χ2n) is 12.0. The minimum atomic E-state index is -0.185. The predicted octanol–water partition coefficient (Wildman–Crippen LogP) is 5.33. The van der Waals surface area contributed by atoms with Crippen molar-refractivity contribution >= 4 is 11.6 Å². The van der Waals surface area contributed by atoms with Gasteiger partial charge >= 0.3 is 0 Å². The van der Waals surface area contributed by atoms with Gasteiger partial charge in [0, 0.05) is 58.7 Å². The number of amides is 1. The highest BCUT2D eigenvalue weighted by Gasteiger charge is 2.28. The van der Waals surface area contributed by atoms with Crippen LogP contribution in [0.3, 0.4) is 0 Å². The standard InChI is InChI=1S/C32H46N4O2/c1-10-36(26-13-11-25(12-14-26)35(8)9)29-19-24(15-16-32(5,6)7)18-27(23(29)4)30(37)33-20-28-21(2)17-22(3)34-31(28)38/h17-19,25-26H,10-14,20H2,1-9H3,(H,33,37)(H,34,38). The van der Waals surface area contributed by atoms with Crippen molar-refractivity contribution in [2.75, 3.05) is 25.5 Å². The molecule has 1 aliphatic rings. The van der Waals surface area contributed by atoms with Crippen LogP contribution >= 0.6 is 0 Å². The SMILES string of the molecule is CCN(c1cc(C#CC(C)(C)C)cc(C(=O)NCc2c(C)cc(C)[nH]c2=O)c1C)C1CCC(N(C)C)CC1. The number of carbonyl (C=O) groups excluding carboxylic acids is 1. The van der Waals surface area contributed by atoms with Crippen LogP contribution in [-0.2, 0) is 6.54 Å². The van der Waals surface area contributed by atoms with Gasteiger partial charge in [-0.25, -0.2) is 0 Å². The van der Waals surface area contributed by atoms with Crippen molar-refractivity contribution in [2.24, 2.45) is 5.41 Å². The number of anilines is 1. The number of rotatable bonds is 7. The molecule has 0 unspecified atom stereocenters. The number of nitrogens with zero attached hydrogens (tertiary/aromatic N) is 2. The molecule has 0 saturated heterocycles. The van der Waals surface area contributed by atoms with E-state index >= 15 is 0 Å². The van der Waals surface area contributed by atoms with Crippen molar-refractivity contribution in [1.82, 2.24) is 15.2 Å². The summed E-state index contributed by atoms with van der Waals surface area (Å²) in [6.45, 7) is 15.3. The Morgan fingerprint density at radius 1 is 1.05 bits per heavy atom. The maximum absolute atomic E-state index is 13.5. The van der Waals surface area contributed by atoms with E-state index in [2.05, 4.69) is 79.8 Å². The van der Waals surface area contributed by atoms with E-state index in [4.69, 9.17) is 0 Å². The van der Waals surface area contributed by atoms with E-state index in [0.29, 0.717) is 23.2 Å². The Kier molecular flexibility index (Phi) is 9.49. The molecule has 1 aromatic carbocycles. The van der Waals surface area contributed by atoms with Gasteiger partial charge in [0.15, 0.2) is 0 Å². The molecule has 6 nitrogen and oxygen atoms in total. The fourth-order valence-corrected chi connectivity index (χ4v) is 5.44. The van der Waals surface area contributed by atoms with Crippen LogP contribution in [0.4, 0.5) is 5.69 Å². The van der Waals surface area contributed by atoms with Gasteiger partial charge < -0.3 is 20.1 Å². The lowest BCUT2D eigenvalue weighted by atomic mass is 9.88. The molecule has 38 heavy (non-hydrogen) atoms. The molecule has 1 aliphatic carbocycles. The smallest absolute Gasteiger partial charge is 0.253 e. The third-order valence-electron chi connectivity index (χ3n) is 7.61. The minimum absolute atomic E-state index is 0.146. The number of benzene rings is 1. The molecule has 0 aliphatic heterocycles. The first-order valence-corrected chi connectivity index (χ1v) is 13.9. The van der Waals surface area contributed by atoms with Crippen molar-refractivity contribution < 1.29 is 4.79 Å². The fraction of sp³-hybridized carbons (Fsp3) is 0.562. The number of aromatic amines is 1. The third kappa shape index (κ3) is 7.29. The summed E-state index contributed by atoms with van der Waals surface area (Å²) in [6.07, 6.45) is 4.61. The van der Waals surface area contributed by atoms with E-state index in [0.717, 1.165) is 47.5 Å². The molecule has 1 saturated carbocycles. The highest BCUT2D eigenvalue weighted by molar-refractivity contribution is 5.97. The normalized spacial score (nSPS) is 17.6. The Hall–Kier alpha value is -3.04. The van der Waals surface area contributed by atoms with Crippen LogP contribution in [0.25, 0.3) is 0 Å². The van der Waals surface area contributed by atoms with Crippen LogP contribution in [0.15, 0.2) is 23.0 Å². The number of hydrogen-bond acceptors (Lipinski definition) is 4. The molecule has 2 aromatic rings. The molecule has 2 N–H and O–H groups in total. The molecule has 206 valence electrons. The second kappa shape index (κ2) is 12.2. The first-order chi connectivity index (χ1) is 17.8. The van der Waals surface area contributed by atoms with Gasteiger partial charge in [-0.2, -0.15) is 0 Å². The lowest BCUT2D eigenvalue weighted by Gasteiger charge is -2.40. The van der Waals surface area contributed by atoms with E-state index < -0.39 is 0 Å². The van der Waals surface area contributed by atoms with Gasteiger partial charge in [-0.1, -0.05) is 11.8 Å². The maximum Gasteiger partial charge on any atom is 0.253 e. The second-order valence-corrected chi connectivity index (χ2v) is 12.0. The average Bonchev–Trinajstić information content (AvgIpc) is 2.83. The zero-order chi connectivity index (χ0) is 28.2. The Bertz CT molecular complexity index is 1270. The van der Waals surface area contributed by atoms with Crippen molar-refractivity contribution in [1.29, 1.82) is 0 Å². The summed E-state index contributed by atoms with van der Waals surface area (Å²) in [5, 5.41) is 3.01. The van der Waals surface area contributed by atoms with Crippen LogP contribution in [0.1, 0.15) is 91.7 Å². The highest BCUT2D eigenvalue weighted by atomic mass is 16.1. The number of hydrogen-bond donors (Lipinski definition) is 2. The van der Waals surface area contributed by atoms with Gasteiger partial charge in [0.25, 0.3) is 11.5 Å². The number of carbonyl (C=O) groups is 1. The summed E-state index contributed by atoms with van der Waals surface area (Å²) in [4.78, 5) is 33.7. The lowest BCUT2D eigenvalue weighted by Crippen LogP contribution is -2.42. The molecule has 1 amide bonds. The van der Waals surface area contributed by atoms with Gasteiger partial charge in [0.05, 0.1) is 0 Å². The van der Waals surface area contributed by atoms with Crippen molar-refractivity contribution in [3.8, 4) is 11.8 Å². The van der Waals surface area contributed by atoms with Crippen LogP contribution in [0, 0.1) is 38.0 Å². The fourth-order valence-electron chi connectivity index (χ4n) is 5.44. The van der Waals surface area contributed by atoms with E-state index in [9.17, 15) is 9.59 Å². The zero-order valence-electron chi connectivity index (χ0n) is 24.8. The molecule has 6 heteroatoms. The first-order valence-electron chi connectivity index (χ1n) is 13.9. The number of pyridine rings is 1. The summed E-state index contributed by atoms with van der Waals surface area (Å²) in [5.74, 6) is 6.48. The molecule has 0 radical (unpaired) electrons. The topological polar surface area (TPSA) is 68.4 Å². The summed E-state index contributed by atoms with van der Waals surface area (Å²) < 4.78 is 0. The summed E-state index contributed by atoms with van der Waals surface area (Å²) >= 11 is 0. The molecule has 3 rings (SSSR count). The summed E-state index contributed by atoms with van der Waals surface area (Å²) in [7, 11) is 4.34. The Morgan fingerprint density at radius 3 is 2.24 bits per heavy atom. The van der Waals surface area contributed by atoms with Crippen LogP contribution in [0.5, 0.6) is 0 Å². The molecule has 1 aromatic heterocycles. The maximum atomic E-state index is 13.5. The Balaban J connectivity index is 1.97. The van der Waals surface area contributed by atoms with E-state index in [-0.39, 0.29) is 23.4 Å². The molecule has 0 bridgehead atoms. The van der Waals surface area contributed by atoms with Gasteiger partial charge in [-0.15, -0.1) is 0 Å². The van der Waals surface area contributed by atoms with Crippen LogP contribution < -0.4 is 15.8 Å². The Labute approximate surface area is 229 Å². The van der Waals surface area contributed by atoms with Crippen molar-refractivity contribution in [2.45, 2.75) is 92.8 Å². The quantitative estimate of drug-likeness (QED) is 0.487. The van der Waals surface area contributed by atoms with Gasteiger partial charge in [0.2, 0.25) is 0 Å². The van der Waals surface area contributed by atoms with Crippen LogP contribution in [0.2, 0.25) is 0 Å². The average molecular weight is 519 g/mol. The molecular weight excluding hydrogens is 472 g/mol. The largest absolute Gasteiger partial charge is 0.369 e. The van der Waals surface area contributed by atoms with Crippen LogP contribution in [-0.4, -0.2) is 48.5 Å². The number of aromatic nitrogens is 1. The molecule has 0 spiro atoms. The van der Waals surface area contributed by atoms with Gasteiger partial charge in [-0.05, 0) is 118 Å². The highest BCUT2D eigenvalue weighted by Crippen LogP contribution is 2.33. The summed E-state index contributed by atoms with van der Waals surface area (Å²) in [5.41, 5.74) is 5.45. The molecular formula is C32H46N4O2. The van der Waals surface area contributed by atoms with Gasteiger partial charge in [-0.3, -0.25) is 9.59 Å². The zero-order valence-corrected chi connectivity index (χ0v) is 24.8. The molecule has 0 atom stereocenters. The monoisotopic (exact) mass is 518 g/mol. The first kappa shape index (κ1) is 29.5. The van der Waals surface area contributed by atoms with E-state index in [1.54, 1.807) is 0 Å². The molecule has 1 fully saturated rings. The predicted molar refractivity (Wildman–Crippen MR) is 158 cm³/mol. The minimum Gasteiger partial charge on any atom is -0.369 e.